The fourth-order valence-corrected chi connectivity index (χ4v) is 3.53. The molecule has 7 nitrogen and oxygen atoms in total. The molecule has 1 aliphatic rings. The highest BCUT2D eigenvalue weighted by Gasteiger charge is 2.13. The van der Waals surface area contributed by atoms with Gasteiger partial charge in [0.1, 0.15) is 5.82 Å². The first-order valence-electron chi connectivity index (χ1n) is 10.3. The van der Waals surface area contributed by atoms with Crippen molar-refractivity contribution in [3.8, 4) is 0 Å². The van der Waals surface area contributed by atoms with E-state index in [0.717, 1.165) is 82.6 Å². The average molecular weight is 388 g/mol. The number of guanidine groups is 1. The molecule has 0 aliphatic carbocycles. The summed E-state index contributed by atoms with van der Waals surface area (Å²) in [5.41, 5.74) is 2.22. The van der Waals surface area contributed by atoms with Crippen LogP contribution in [0.2, 0.25) is 0 Å². The number of rotatable bonds is 9. The minimum absolute atomic E-state index is 0.666. The largest absolute Gasteiger partial charge is 0.381 e. The monoisotopic (exact) mass is 387 g/mol. The van der Waals surface area contributed by atoms with E-state index in [0.29, 0.717) is 5.92 Å². The summed E-state index contributed by atoms with van der Waals surface area (Å²) < 4.78 is 13.4. The van der Waals surface area contributed by atoms with Crippen LogP contribution in [0.4, 0.5) is 0 Å². The SMILES string of the molecule is CN=C(NCCCOCC1CCOCC1)NCCn1c(C)nc2ccccc21. The summed E-state index contributed by atoms with van der Waals surface area (Å²) >= 11 is 0. The predicted molar refractivity (Wildman–Crippen MR) is 113 cm³/mol. The highest BCUT2D eigenvalue weighted by molar-refractivity contribution is 5.79. The maximum absolute atomic E-state index is 5.81. The molecule has 154 valence electrons. The van der Waals surface area contributed by atoms with Gasteiger partial charge in [-0.25, -0.2) is 4.98 Å². The molecule has 0 radical (unpaired) electrons. The molecular formula is C21H33N5O2. The van der Waals surface area contributed by atoms with Crippen molar-refractivity contribution in [1.29, 1.82) is 0 Å². The molecule has 0 spiro atoms. The van der Waals surface area contributed by atoms with Crippen LogP contribution in [-0.4, -0.2) is 62.1 Å². The summed E-state index contributed by atoms with van der Waals surface area (Å²) in [4.78, 5) is 8.91. The van der Waals surface area contributed by atoms with Crippen molar-refractivity contribution in [2.24, 2.45) is 10.9 Å². The normalized spacial score (nSPS) is 15.9. The summed E-state index contributed by atoms with van der Waals surface area (Å²) in [5, 5.41) is 6.73. The summed E-state index contributed by atoms with van der Waals surface area (Å²) in [5.74, 6) is 2.53. The van der Waals surface area contributed by atoms with E-state index in [1.807, 2.05) is 13.0 Å². The fourth-order valence-electron chi connectivity index (χ4n) is 3.53. The Kier molecular flexibility index (Phi) is 8.11. The van der Waals surface area contributed by atoms with Crippen molar-refractivity contribution in [3.63, 3.8) is 0 Å². The van der Waals surface area contributed by atoms with Crippen LogP contribution in [0.25, 0.3) is 11.0 Å². The number of aromatic nitrogens is 2. The van der Waals surface area contributed by atoms with Crippen LogP contribution >= 0.6 is 0 Å². The number of para-hydroxylation sites is 2. The number of nitrogens with zero attached hydrogens (tertiary/aromatic N) is 3. The van der Waals surface area contributed by atoms with E-state index in [4.69, 9.17) is 9.47 Å². The van der Waals surface area contributed by atoms with Crippen molar-refractivity contribution in [2.45, 2.75) is 32.7 Å². The second kappa shape index (κ2) is 11.0. The average Bonchev–Trinajstić information content (AvgIpc) is 3.05. The van der Waals surface area contributed by atoms with Crippen LogP contribution in [0.1, 0.15) is 25.1 Å². The van der Waals surface area contributed by atoms with E-state index < -0.39 is 0 Å². The fraction of sp³-hybridized carbons (Fsp3) is 0.619. The van der Waals surface area contributed by atoms with Crippen molar-refractivity contribution in [2.75, 3.05) is 46.6 Å². The van der Waals surface area contributed by atoms with Gasteiger partial charge in [0.05, 0.1) is 11.0 Å². The number of aliphatic imine (C=N–C) groups is 1. The van der Waals surface area contributed by atoms with Gasteiger partial charge < -0.3 is 24.7 Å². The molecule has 3 rings (SSSR count). The number of ether oxygens (including phenoxy) is 2. The third-order valence-electron chi connectivity index (χ3n) is 5.15. The molecule has 1 aromatic carbocycles. The number of hydrogen-bond acceptors (Lipinski definition) is 4. The molecule has 1 aromatic heterocycles. The van der Waals surface area contributed by atoms with E-state index in [1.165, 1.54) is 5.52 Å². The maximum Gasteiger partial charge on any atom is 0.191 e. The lowest BCUT2D eigenvalue weighted by Gasteiger charge is -2.21. The topological polar surface area (TPSA) is 72.7 Å². The molecule has 28 heavy (non-hydrogen) atoms. The number of imidazole rings is 1. The van der Waals surface area contributed by atoms with Gasteiger partial charge in [-0.1, -0.05) is 12.1 Å². The predicted octanol–water partition coefficient (Wildman–Crippen LogP) is 2.34. The summed E-state index contributed by atoms with van der Waals surface area (Å²) in [6.45, 7) is 7.93. The lowest BCUT2D eigenvalue weighted by Crippen LogP contribution is -2.39. The van der Waals surface area contributed by atoms with Gasteiger partial charge in [0.15, 0.2) is 5.96 Å². The molecule has 0 saturated carbocycles. The van der Waals surface area contributed by atoms with Crippen LogP contribution in [0.5, 0.6) is 0 Å². The molecule has 0 bridgehead atoms. The van der Waals surface area contributed by atoms with Crippen LogP contribution in [-0.2, 0) is 16.0 Å². The Balaban J connectivity index is 1.30. The number of fused-ring (bicyclic) bond motifs is 1. The standard InChI is InChI=1S/C21H33N5O2/c1-17-25-19-6-3-4-7-20(19)26(17)12-11-24-21(22-2)23-10-5-13-28-16-18-8-14-27-15-9-18/h3-4,6-7,18H,5,8-16H2,1-2H3,(H2,22,23,24). The Bertz CT molecular complexity index is 752. The second-order valence-corrected chi connectivity index (χ2v) is 7.21. The first-order valence-corrected chi connectivity index (χ1v) is 10.3. The van der Waals surface area contributed by atoms with Crippen molar-refractivity contribution in [1.82, 2.24) is 20.2 Å². The van der Waals surface area contributed by atoms with Gasteiger partial charge >= 0.3 is 0 Å². The van der Waals surface area contributed by atoms with Crippen LogP contribution in [0, 0.1) is 12.8 Å². The summed E-state index contributed by atoms with van der Waals surface area (Å²) in [6.07, 6.45) is 3.22. The molecule has 7 heteroatoms. The Morgan fingerprint density at radius 1 is 1.25 bits per heavy atom. The first-order chi connectivity index (χ1) is 13.8. The third-order valence-corrected chi connectivity index (χ3v) is 5.15. The molecule has 1 saturated heterocycles. The minimum Gasteiger partial charge on any atom is -0.381 e. The van der Waals surface area contributed by atoms with Gasteiger partial charge in [-0.2, -0.15) is 0 Å². The summed E-state index contributed by atoms with van der Waals surface area (Å²) in [7, 11) is 1.80. The van der Waals surface area contributed by atoms with Gasteiger partial charge in [0.2, 0.25) is 0 Å². The van der Waals surface area contributed by atoms with Crippen molar-refractivity contribution in [3.05, 3.63) is 30.1 Å². The number of hydrogen-bond donors (Lipinski definition) is 2. The van der Waals surface area contributed by atoms with Crippen LogP contribution in [0.3, 0.4) is 0 Å². The Hall–Kier alpha value is -2.12. The minimum atomic E-state index is 0.666. The van der Waals surface area contributed by atoms with Gasteiger partial charge in [-0.15, -0.1) is 0 Å². The number of aryl methyl sites for hydroxylation is 1. The lowest BCUT2D eigenvalue weighted by atomic mass is 10.0. The zero-order valence-electron chi connectivity index (χ0n) is 17.1. The molecule has 2 aromatic rings. The Morgan fingerprint density at radius 2 is 2.04 bits per heavy atom. The second-order valence-electron chi connectivity index (χ2n) is 7.21. The molecule has 0 amide bonds. The Morgan fingerprint density at radius 3 is 2.86 bits per heavy atom. The van der Waals surface area contributed by atoms with Gasteiger partial charge in [-0.3, -0.25) is 4.99 Å². The molecule has 2 heterocycles. The highest BCUT2D eigenvalue weighted by atomic mass is 16.5. The smallest absolute Gasteiger partial charge is 0.191 e. The van der Waals surface area contributed by atoms with E-state index >= 15 is 0 Å². The molecule has 2 N–H and O–H groups in total. The number of nitrogens with one attached hydrogen (secondary N) is 2. The van der Waals surface area contributed by atoms with Gasteiger partial charge in [0.25, 0.3) is 0 Å². The Labute approximate surface area is 167 Å². The van der Waals surface area contributed by atoms with E-state index in [-0.39, 0.29) is 0 Å². The maximum atomic E-state index is 5.81. The van der Waals surface area contributed by atoms with Crippen LogP contribution in [0.15, 0.2) is 29.3 Å². The summed E-state index contributed by atoms with van der Waals surface area (Å²) in [6, 6.07) is 8.24. The highest BCUT2D eigenvalue weighted by Crippen LogP contribution is 2.15. The van der Waals surface area contributed by atoms with Crippen LogP contribution < -0.4 is 10.6 Å². The molecule has 0 atom stereocenters. The van der Waals surface area contributed by atoms with E-state index in [9.17, 15) is 0 Å². The van der Waals surface area contributed by atoms with Gasteiger partial charge in [-0.05, 0) is 44.2 Å². The van der Waals surface area contributed by atoms with Crippen molar-refractivity contribution >= 4 is 17.0 Å². The first kappa shape index (κ1) is 20.6. The third kappa shape index (κ3) is 5.94. The molecular weight excluding hydrogens is 354 g/mol. The lowest BCUT2D eigenvalue weighted by molar-refractivity contribution is 0.0203. The zero-order valence-corrected chi connectivity index (χ0v) is 17.1. The number of benzene rings is 1. The molecule has 0 unspecified atom stereocenters. The van der Waals surface area contributed by atoms with Crippen molar-refractivity contribution < 1.29 is 9.47 Å². The van der Waals surface area contributed by atoms with E-state index in [1.54, 1.807) is 7.05 Å². The van der Waals surface area contributed by atoms with Gasteiger partial charge in [0, 0.05) is 53.1 Å². The molecule has 1 fully saturated rings. The zero-order chi connectivity index (χ0) is 19.6. The van der Waals surface area contributed by atoms with E-state index in [2.05, 4.69) is 43.4 Å². The molecule has 1 aliphatic heterocycles. The quantitative estimate of drug-likeness (QED) is 0.393.